The second-order valence-corrected chi connectivity index (χ2v) is 7.74. The number of ether oxygens (including phenoxy) is 1. The number of rotatable bonds is 4. The van der Waals surface area contributed by atoms with Crippen molar-refractivity contribution in [1.29, 1.82) is 0 Å². The number of carbonyl (C=O) groups is 2. The van der Waals surface area contributed by atoms with Crippen LogP contribution in [0, 0.1) is 0 Å². The summed E-state index contributed by atoms with van der Waals surface area (Å²) in [6.45, 7) is 8.58. The van der Waals surface area contributed by atoms with Gasteiger partial charge in [-0.25, -0.2) is 0 Å². The molecule has 1 aromatic heterocycles. The highest BCUT2D eigenvalue weighted by Crippen LogP contribution is 2.26. The molecule has 3 rings (SSSR count). The molecule has 0 bridgehead atoms. The summed E-state index contributed by atoms with van der Waals surface area (Å²) in [6, 6.07) is 9.23. The maximum absolute atomic E-state index is 12.8. The van der Waals surface area contributed by atoms with Gasteiger partial charge in [-0.15, -0.1) is 0 Å². The van der Waals surface area contributed by atoms with Gasteiger partial charge in [-0.05, 0) is 39.0 Å². The Morgan fingerprint density at radius 1 is 1.04 bits per heavy atom. The van der Waals surface area contributed by atoms with Gasteiger partial charge in [0.1, 0.15) is 0 Å². The molecule has 0 radical (unpaired) electrons. The van der Waals surface area contributed by atoms with E-state index in [9.17, 15) is 9.59 Å². The van der Waals surface area contributed by atoms with Crippen LogP contribution >= 0.6 is 0 Å². The number of nitrogens with zero attached hydrogens (tertiary/aromatic N) is 2. The number of carbonyl (C=O) groups excluding carboxylic acids is 2. The molecule has 1 aliphatic heterocycles. The summed E-state index contributed by atoms with van der Waals surface area (Å²) in [6.07, 6.45) is 2.92. The van der Waals surface area contributed by atoms with Crippen LogP contribution in [0.1, 0.15) is 41.5 Å². The van der Waals surface area contributed by atoms with Crippen molar-refractivity contribution in [2.75, 3.05) is 36.5 Å². The predicted molar refractivity (Wildman–Crippen MR) is 109 cm³/mol. The van der Waals surface area contributed by atoms with Gasteiger partial charge in [0, 0.05) is 31.0 Å². The number of para-hydroxylation sites is 2. The third-order valence-corrected chi connectivity index (χ3v) is 4.26. The molecule has 0 aliphatic carbocycles. The lowest BCUT2D eigenvalue weighted by Gasteiger charge is -2.30. The van der Waals surface area contributed by atoms with Crippen molar-refractivity contribution in [2.24, 2.45) is 0 Å². The van der Waals surface area contributed by atoms with Gasteiger partial charge in [0.05, 0.1) is 35.7 Å². The van der Waals surface area contributed by atoms with Crippen molar-refractivity contribution in [3.05, 3.63) is 53.9 Å². The van der Waals surface area contributed by atoms with Crippen LogP contribution in [0.2, 0.25) is 0 Å². The van der Waals surface area contributed by atoms with E-state index >= 15 is 0 Å². The van der Waals surface area contributed by atoms with Crippen molar-refractivity contribution in [3.8, 4) is 0 Å². The van der Waals surface area contributed by atoms with E-state index in [2.05, 4.69) is 20.5 Å². The molecule has 0 saturated carbocycles. The van der Waals surface area contributed by atoms with Crippen molar-refractivity contribution >= 4 is 23.2 Å². The number of amides is 2. The molecule has 1 aliphatic rings. The van der Waals surface area contributed by atoms with E-state index in [1.165, 1.54) is 12.4 Å². The second kappa shape index (κ2) is 8.39. The molecule has 2 N–H and O–H groups in total. The topological polar surface area (TPSA) is 83.6 Å². The average molecular weight is 382 g/mol. The summed E-state index contributed by atoms with van der Waals surface area (Å²) in [7, 11) is 0. The number of morpholine rings is 1. The van der Waals surface area contributed by atoms with Crippen molar-refractivity contribution in [3.63, 3.8) is 0 Å². The number of hydrogen-bond donors (Lipinski definition) is 2. The van der Waals surface area contributed by atoms with Crippen LogP contribution in [0.4, 0.5) is 11.4 Å². The first kappa shape index (κ1) is 19.8. The maximum atomic E-state index is 12.8. The number of aromatic nitrogens is 1. The Labute approximate surface area is 165 Å². The third kappa shape index (κ3) is 5.07. The second-order valence-electron chi connectivity index (χ2n) is 7.74. The SMILES string of the molecule is CC(C)(C)NC(=O)c1cncc(C(=O)Nc2ccccc2N2CCOCC2)c1. The molecule has 0 spiro atoms. The Morgan fingerprint density at radius 2 is 1.68 bits per heavy atom. The number of nitrogens with one attached hydrogen (secondary N) is 2. The molecule has 1 saturated heterocycles. The van der Waals surface area contributed by atoms with E-state index in [1.54, 1.807) is 6.07 Å². The number of pyridine rings is 1. The molecule has 7 heteroatoms. The average Bonchev–Trinajstić information content (AvgIpc) is 2.68. The summed E-state index contributed by atoms with van der Waals surface area (Å²) in [5.74, 6) is -0.568. The van der Waals surface area contributed by atoms with Gasteiger partial charge in [0.15, 0.2) is 0 Å². The lowest BCUT2D eigenvalue weighted by Crippen LogP contribution is -2.40. The zero-order valence-corrected chi connectivity index (χ0v) is 16.5. The van der Waals surface area contributed by atoms with Gasteiger partial charge in [-0.2, -0.15) is 0 Å². The zero-order valence-electron chi connectivity index (χ0n) is 16.5. The molecule has 1 fully saturated rings. The van der Waals surface area contributed by atoms with Crippen LogP contribution in [0.25, 0.3) is 0 Å². The lowest BCUT2D eigenvalue weighted by atomic mass is 10.1. The molecule has 7 nitrogen and oxygen atoms in total. The van der Waals surface area contributed by atoms with Crippen LogP contribution in [-0.4, -0.2) is 48.6 Å². The Hall–Kier alpha value is -2.93. The maximum Gasteiger partial charge on any atom is 0.257 e. The Morgan fingerprint density at radius 3 is 2.36 bits per heavy atom. The Bertz CT molecular complexity index is 855. The number of hydrogen-bond acceptors (Lipinski definition) is 5. The van der Waals surface area contributed by atoms with E-state index in [0.717, 1.165) is 24.5 Å². The first-order chi connectivity index (χ1) is 13.3. The van der Waals surface area contributed by atoms with Crippen LogP contribution in [0.15, 0.2) is 42.7 Å². The fourth-order valence-corrected chi connectivity index (χ4v) is 2.95. The van der Waals surface area contributed by atoms with E-state index in [4.69, 9.17) is 4.74 Å². The molecule has 2 heterocycles. The highest BCUT2D eigenvalue weighted by molar-refractivity contribution is 6.07. The highest BCUT2D eigenvalue weighted by Gasteiger charge is 2.19. The standard InChI is InChI=1S/C21H26N4O3/c1-21(2,3)24-20(27)16-12-15(13-22-14-16)19(26)23-17-6-4-5-7-18(17)25-8-10-28-11-9-25/h4-7,12-14H,8-11H2,1-3H3,(H,23,26)(H,24,27). The van der Waals surface area contributed by atoms with E-state index in [1.807, 2.05) is 45.0 Å². The Kier molecular flexibility index (Phi) is 5.94. The number of benzene rings is 1. The minimum atomic E-state index is -0.369. The molecular weight excluding hydrogens is 356 g/mol. The van der Waals surface area contributed by atoms with E-state index in [0.29, 0.717) is 24.3 Å². The molecule has 1 aromatic carbocycles. The lowest BCUT2D eigenvalue weighted by molar-refractivity contribution is 0.0919. The molecule has 28 heavy (non-hydrogen) atoms. The van der Waals surface area contributed by atoms with E-state index < -0.39 is 0 Å². The fraction of sp³-hybridized carbons (Fsp3) is 0.381. The molecule has 2 aromatic rings. The van der Waals surface area contributed by atoms with Crippen LogP contribution in [-0.2, 0) is 4.74 Å². The quantitative estimate of drug-likeness (QED) is 0.849. The smallest absolute Gasteiger partial charge is 0.257 e. The zero-order chi connectivity index (χ0) is 20.1. The summed E-state index contributed by atoms with van der Waals surface area (Å²) in [4.78, 5) is 31.4. The van der Waals surface area contributed by atoms with Gasteiger partial charge >= 0.3 is 0 Å². The van der Waals surface area contributed by atoms with Gasteiger partial charge in [0.25, 0.3) is 11.8 Å². The molecule has 0 atom stereocenters. The summed E-state index contributed by atoms with van der Waals surface area (Å²) in [5.41, 5.74) is 1.99. The Balaban J connectivity index is 1.77. The first-order valence-corrected chi connectivity index (χ1v) is 9.34. The fourth-order valence-electron chi connectivity index (χ4n) is 2.95. The van der Waals surface area contributed by atoms with Crippen molar-refractivity contribution in [1.82, 2.24) is 10.3 Å². The van der Waals surface area contributed by atoms with Crippen LogP contribution in [0.5, 0.6) is 0 Å². The molecule has 2 amide bonds. The molecular formula is C21H26N4O3. The van der Waals surface area contributed by atoms with Crippen LogP contribution < -0.4 is 15.5 Å². The van der Waals surface area contributed by atoms with E-state index in [-0.39, 0.29) is 17.4 Å². The van der Waals surface area contributed by atoms with Crippen LogP contribution in [0.3, 0.4) is 0 Å². The van der Waals surface area contributed by atoms with Gasteiger partial charge in [-0.1, -0.05) is 12.1 Å². The van der Waals surface area contributed by atoms with Gasteiger partial charge in [-0.3, -0.25) is 14.6 Å². The van der Waals surface area contributed by atoms with Crippen molar-refractivity contribution < 1.29 is 14.3 Å². The monoisotopic (exact) mass is 382 g/mol. The largest absolute Gasteiger partial charge is 0.378 e. The normalized spacial score (nSPS) is 14.5. The third-order valence-electron chi connectivity index (χ3n) is 4.26. The van der Waals surface area contributed by atoms with Gasteiger partial charge in [0.2, 0.25) is 0 Å². The number of anilines is 2. The summed E-state index contributed by atoms with van der Waals surface area (Å²) in [5, 5.41) is 5.82. The first-order valence-electron chi connectivity index (χ1n) is 9.34. The summed E-state index contributed by atoms with van der Waals surface area (Å²) >= 11 is 0. The predicted octanol–water partition coefficient (Wildman–Crippen LogP) is 2.70. The molecule has 148 valence electrons. The highest BCUT2D eigenvalue weighted by atomic mass is 16.5. The summed E-state index contributed by atoms with van der Waals surface area (Å²) < 4.78 is 5.41. The molecule has 0 unspecified atom stereocenters. The minimum absolute atomic E-state index is 0.261. The van der Waals surface area contributed by atoms with Crippen molar-refractivity contribution in [2.45, 2.75) is 26.3 Å². The minimum Gasteiger partial charge on any atom is -0.378 e. The van der Waals surface area contributed by atoms with Gasteiger partial charge < -0.3 is 20.3 Å².